The molecule has 0 spiro atoms. The van der Waals surface area contributed by atoms with Crippen LogP contribution in [-0.4, -0.2) is 66.0 Å². The quantitative estimate of drug-likeness (QED) is 0.339. The summed E-state index contributed by atoms with van der Waals surface area (Å²) in [6.07, 6.45) is 0. The number of aliphatic hydroxyl groups is 1. The van der Waals surface area contributed by atoms with Crippen LogP contribution in [0, 0.1) is 0 Å². The zero-order valence-corrected chi connectivity index (χ0v) is 20.5. The van der Waals surface area contributed by atoms with E-state index in [9.17, 15) is 14.7 Å². The van der Waals surface area contributed by atoms with Crippen LogP contribution in [0.3, 0.4) is 0 Å². The lowest BCUT2D eigenvalue weighted by atomic mass is 9.95. The van der Waals surface area contributed by atoms with E-state index in [2.05, 4.69) is 4.90 Å². The van der Waals surface area contributed by atoms with Crippen LogP contribution in [0.25, 0.3) is 5.76 Å². The molecule has 2 aromatic rings. The number of rotatable bonds is 7. The summed E-state index contributed by atoms with van der Waals surface area (Å²) in [7, 11) is 0. The molecule has 0 saturated carbocycles. The van der Waals surface area contributed by atoms with E-state index in [1.54, 1.807) is 36.4 Å². The Kier molecular flexibility index (Phi) is 7.36. The predicted molar refractivity (Wildman–Crippen MR) is 131 cm³/mol. The molecular weight excluding hydrogens is 479 g/mol. The molecule has 1 fully saturated rings. The number of hydrogen-bond donors (Lipinski definition) is 1. The maximum Gasteiger partial charge on any atom is 0.295 e. The highest BCUT2D eigenvalue weighted by Crippen LogP contribution is 2.43. The van der Waals surface area contributed by atoms with E-state index in [1.807, 2.05) is 13.8 Å². The molecule has 0 radical (unpaired) electrons. The van der Waals surface area contributed by atoms with Crippen LogP contribution in [-0.2, 0) is 9.59 Å². The van der Waals surface area contributed by atoms with Gasteiger partial charge in [-0.05, 0) is 49.0 Å². The van der Waals surface area contributed by atoms with Crippen molar-refractivity contribution in [2.75, 3.05) is 39.4 Å². The summed E-state index contributed by atoms with van der Waals surface area (Å²) < 4.78 is 11.2. The van der Waals surface area contributed by atoms with Gasteiger partial charge >= 0.3 is 0 Å². The summed E-state index contributed by atoms with van der Waals surface area (Å²) in [4.78, 5) is 30.0. The summed E-state index contributed by atoms with van der Waals surface area (Å²) in [6.45, 7) is 7.38. The van der Waals surface area contributed by atoms with Gasteiger partial charge in [0.25, 0.3) is 11.7 Å². The van der Waals surface area contributed by atoms with Crippen molar-refractivity contribution < 1.29 is 24.2 Å². The van der Waals surface area contributed by atoms with Gasteiger partial charge in [0.15, 0.2) is 11.5 Å². The summed E-state index contributed by atoms with van der Waals surface area (Å²) in [5.74, 6) is -0.714. The Bertz CT molecular complexity index is 1150. The van der Waals surface area contributed by atoms with Crippen LogP contribution < -0.4 is 9.47 Å². The van der Waals surface area contributed by atoms with Crippen molar-refractivity contribution >= 4 is 40.7 Å². The Morgan fingerprint density at radius 2 is 1.76 bits per heavy atom. The van der Waals surface area contributed by atoms with Crippen molar-refractivity contribution in [1.29, 1.82) is 0 Å². The number of Topliss-reactive ketones (excluding diaryl/α,β-unsaturated/α-hetero) is 1. The lowest BCUT2D eigenvalue weighted by molar-refractivity contribution is -0.140. The molecule has 2 heterocycles. The van der Waals surface area contributed by atoms with Gasteiger partial charge in [-0.2, -0.15) is 0 Å². The Hall–Kier alpha value is -2.74. The van der Waals surface area contributed by atoms with Crippen LogP contribution in [0.15, 0.2) is 42.0 Å². The number of likely N-dealkylation sites (tertiary alicyclic amines) is 1. The minimum Gasteiger partial charge on any atom is -0.507 e. The highest BCUT2D eigenvalue weighted by Gasteiger charge is 2.46. The van der Waals surface area contributed by atoms with Crippen LogP contribution in [0.5, 0.6) is 11.5 Å². The second-order valence-electron chi connectivity index (χ2n) is 8.04. The van der Waals surface area contributed by atoms with Gasteiger partial charge in [0.1, 0.15) is 19.0 Å². The molecule has 0 aliphatic carbocycles. The predicted octanol–water partition coefficient (Wildman–Crippen LogP) is 4.53. The first kappa shape index (κ1) is 24.4. The zero-order valence-electron chi connectivity index (χ0n) is 19.0. The van der Waals surface area contributed by atoms with E-state index >= 15 is 0 Å². The lowest BCUT2D eigenvalue weighted by Gasteiger charge is -2.28. The third-order valence-electron chi connectivity index (χ3n) is 6.16. The molecule has 2 aliphatic rings. The first-order valence-corrected chi connectivity index (χ1v) is 12.0. The van der Waals surface area contributed by atoms with Gasteiger partial charge in [-0.25, -0.2) is 0 Å². The lowest BCUT2D eigenvalue weighted by Crippen LogP contribution is -2.38. The topological polar surface area (TPSA) is 79.3 Å². The van der Waals surface area contributed by atoms with Crippen molar-refractivity contribution in [3.8, 4) is 11.5 Å². The molecule has 4 rings (SSSR count). The number of fused-ring (bicyclic) bond motifs is 1. The van der Waals surface area contributed by atoms with E-state index in [-0.39, 0.29) is 11.3 Å². The Morgan fingerprint density at radius 1 is 1.06 bits per heavy atom. The summed E-state index contributed by atoms with van der Waals surface area (Å²) in [5.41, 5.74) is 0.843. The maximum absolute atomic E-state index is 13.2. The van der Waals surface area contributed by atoms with E-state index in [0.29, 0.717) is 59.0 Å². The standard InChI is InChI=1S/C25H26Cl2N2O5/c1-3-28(4-2)9-10-29-22(17-7-6-16(26)14-18(17)27)21(24(31)25(29)32)23(30)15-5-8-19-20(13-15)34-12-11-33-19/h5-8,13-14,22,30H,3-4,9-12H2,1-2H3/t22-/m1/s1. The second kappa shape index (κ2) is 10.3. The summed E-state index contributed by atoms with van der Waals surface area (Å²) in [6, 6.07) is 8.95. The normalized spacial score (nSPS) is 19.2. The Balaban J connectivity index is 1.82. The van der Waals surface area contributed by atoms with Gasteiger partial charge in [0, 0.05) is 28.7 Å². The molecule has 2 aromatic carbocycles. The average Bonchev–Trinajstić information content (AvgIpc) is 3.08. The Labute approximate surface area is 208 Å². The number of carbonyl (C=O) groups excluding carboxylic acids is 2. The smallest absolute Gasteiger partial charge is 0.295 e. The molecule has 1 saturated heterocycles. The molecule has 0 aromatic heterocycles. The molecule has 0 bridgehead atoms. The monoisotopic (exact) mass is 504 g/mol. The molecule has 7 nitrogen and oxygen atoms in total. The zero-order chi connectivity index (χ0) is 24.4. The third-order valence-corrected chi connectivity index (χ3v) is 6.73. The van der Waals surface area contributed by atoms with E-state index in [1.165, 1.54) is 4.90 Å². The summed E-state index contributed by atoms with van der Waals surface area (Å²) >= 11 is 12.6. The number of halogens is 2. The SMILES string of the molecule is CCN(CC)CCN1C(=O)C(=O)C(=C(O)c2ccc3c(c2)OCCO3)[C@H]1c1ccc(Cl)cc1Cl. The van der Waals surface area contributed by atoms with Crippen molar-refractivity contribution in [1.82, 2.24) is 9.80 Å². The molecule has 180 valence electrons. The van der Waals surface area contributed by atoms with Gasteiger partial charge in [-0.1, -0.05) is 43.1 Å². The fourth-order valence-electron chi connectivity index (χ4n) is 4.29. The fourth-order valence-corrected chi connectivity index (χ4v) is 4.80. The van der Waals surface area contributed by atoms with Crippen LogP contribution >= 0.6 is 23.2 Å². The molecular formula is C25H26Cl2N2O5. The van der Waals surface area contributed by atoms with Crippen LogP contribution in [0.2, 0.25) is 10.0 Å². The van der Waals surface area contributed by atoms with Crippen molar-refractivity contribution in [2.24, 2.45) is 0 Å². The number of benzene rings is 2. The highest BCUT2D eigenvalue weighted by atomic mass is 35.5. The highest BCUT2D eigenvalue weighted by molar-refractivity contribution is 6.47. The van der Waals surface area contributed by atoms with Crippen molar-refractivity contribution in [2.45, 2.75) is 19.9 Å². The van der Waals surface area contributed by atoms with Gasteiger partial charge in [0.2, 0.25) is 0 Å². The molecule has 1 atom stereocenters. The van der Waals surface area contributed by atoms with E-state index in [4.69, 9.17) is 32.7 Å². The first-order valence-electron chi connectivity index (χ1n) is 11.2. The number of nitrogens with zero attached hydrogens (tertiary/aromatic N) is 2. The van der Waals surface area contributed by atoms with Crippen LogP contribution in [0.4, 0.5) is 0 Å². The number of carbonyl (C=O) groups is 2. The molecule has 0 unspecified atom stereocenters. The number of hydrogen-bond acceptors (Lipinski definition) is 6. The average molecular weight is 505 g/mol. The summed E-state index contributed by atoms with van der Waals surface area (Å²) in [5, 5.41) is 12.0. The van der Waals surface area contributed by atoms with Gasteiger partial charge in [-0.3, -0.25) is 9.59 Å². The minimum atomic E-state index is -0.853. The van der Waals surface area contributed by atoms with Gasteiger partial charge in [0.05, 0.1) is 11.6 Å². The molecule has 2 aliphatic heterocycles. The van der Waals surface area contributed by atoms with Gasteiger partial charge < -0.3 is 24.4 Å². The molecule has 1 amide bonds. The number of likely N-dealkylation sites (N-methyl/N-ethyl adjacent to an activating group) is 1. The fraction of sp³-hybridized carbons (Fsp3) is 0.360. The van der Waals surface area contributed by atoms with E-state index < -0.39 is 17.7 Å². The molecule has 34 heavy (non-hydrogen) atoms. The number of ether oxygens (including phenoxy) is 2. The molecule has 9 heteroatoms. The van der Waals surface area contributed by atoms with Crippen molar-refractivity contribution in [3.05, 3.63) is 63.1 Å². The number of ketones is 1. The number of amides is 1. The third kappa shape index (κ3) is 4.60. The Morgan fingerprint density at radius 3 is 2.44 bits per heavy atom. The maximum atomic E-state index is 13.2. The first-order chi connectivity index (χ1) is 16.3. The van der Waals surface area contributed by atoms with Gasteiger partial charge in [-0.15, -0.1) is 0 Å². The van der Waals surface area contributed by atoms with E-state index in [0.717, 1.165) is 13.1 Å². The minimum absolute atomic E-state index is 0.0227. The largest absolute Gasteiger partial charge is 0.507 e. The van der Waals surface area contributed by atoms with Crippen LogP contribution in [0.1, 0.15) is 31.0 Å². The number of aliphatic hydroxyl groups excluding tert-OH is 1. The second-order valence-corrected chi connectivity index (χ2v) is 8.89. The molecule has 1 N–H and O–H groups in total. The van der Waals surface area contributed by atoms with Crippen molar-refractivity contribution in [3.63, 3.8) is 0 Å².